The molecule has 1 aromatic heterocycles. The summed E-state index contributed by atoms with van der Waals surface area (Å²) in [6, 6.07) is 16.3. The molecular weight excluding hydrogens is 381 g/mol. The Balaban J connectivity index is 1.66. The van der Waals surface area contributed by atoms with Crippen molar-refractivity contribution < 1.29 is 18.0 Å². The first-order chi connectivity index (χ1) is 13.9. The molecule has 0 unspecified atom stereocenters. The number of hydrogen-bond donors (Lipinski definition) is 1. The van der Waals surface area contributed by atoms with Crippen molar-refractivity contribution in [1.82, 2.24) is 14.8 Å². The number of carbonyl (C=O) groups excluding carboxylic acids is 1. The molecular formula is C21H15F3N4O. The summed E-state index contributed by atoms with van der Waals surface area (Å²) >= 11 is 0. The fourth-order valence-corrected chi connectivity index (χ4v) is 3.16. The van der Waals surface area contributed by atoms with E-state index in [1.54, 1.807) is 0 Å². The predicted octanol–water partition coefficient (Wildman–Crippen LogP) is 4.62. The van der Waals surface area contributed by atoms with E-state index < -0.39 is 17.6 Å². The van der Waals surface area contributed by atoms with Gasteiger partial charge < -0.3 is 5.32 Å². The van der Waals surface area contributed by atoms with E-state index in [1.807, 2.05) is 42.5 Å². The van der Waals surface area contributed by atoms with Crippen LogP contribution in [-0.2, 0) is 17.4 Å². The molecule has 3 aromatic carbocycles. The highest BCUT2D eigenvalue weighted by molar-refractivity contribution is 5.97. The Bertz CT molecular complexity index is 1160. The predicted molar refractivity (Wildman–Crippen MR) is 103 cm³/mol. The maximum Gasteiger partial charge on any atom is 0.416 e. The zero-order chi connectivity index (χ0) is 20.4. The fraction of sp³-hybridized carbons (Fsp3) is 0.0952. The number of halogens is 3. The van der Waals surface area contributed by atoms with Crippen LogP contribution in [0.25, 0.3) is 16.5 Å². The van der Waals surface area contributed by atoms with Crippen LogP contribution in [0, 0.1) is 0 Å². The van der Waals surface area contributed by atoms with Crippen molar-refractivity contribution in [2.45, 2.75) is 12.6 Å². The van der Waals surface area contributed by atoms with Crippen LogP contribution in [-0.4, -0.2) is 20.7 Å². The molecule has 0 aliphatic heterocycles. The quantitative estimate of drug-likeness (QED) is 0.548. The van der Waals surface area contributed by atoms with Crippen molar-refractivity contribution in [2.75, 3.05) is 5.32 Å². The van der Waals surface area contributed by atoms with Crippen molar-refractivity contribution in [3.8, 4) is 5.69 Å². The van der Waals surface area contributed by atoms with Crippen LogP contribution >= 0.6 is 0 Å². The summed E-state index contributed by atoms with van der Waals surface area (Å²) < 4.78 is 40.8. The summed E-state index contributed by atoms with van der Waals surface area (Å²) in [4.78, 5) is 16.5. The molecule has 146 valence electrons. The van der Waals surface area contributed by atoms with Crippen molar-refractivity contribution in [3.05, 3.63) is 84.4 Å². The van der Waals surface area contributed by atoms with E-state index in [0.717, 1.165) is 28.5 Å². The lowest BCUT2D eigenvalue weighted by molar-refractivity contribution is -0.137. The monoisotopic (exact) mass is 396 g/mol. The van der Waals surface area contributed by atoms with E-state index in [1.165, 1.54) is 23.4 Å². The lowest BCUT2D eigenvalue weighted by atomic mass is 10.0. The summed E-state index contributed by atoms with van der Waals surface area (Å²) in [6.45, 7) is 0. The number of benzene rings is 3. The molecule has 4 aromatic rings. The van der Waals surface area contributed by atoms with Gasteiger partial charge in [0.2, 0.25) is 5.91 Å². The van der Waals surface area contributed by atoms with Gasteiger partial charge in [-0.25, -0.2) is 9.67 Å². The molecule has 1 heterocycles. The van der Waals surface area contributed by atoms with Crippen LogP contribution in [0.15, 0.2) is 73.3 Å². The minimum atomic E-state index is -4.53. The number of aromatic nitrogens is 3. The van der Waals surface area contributed by atoms with Crippen LogP contribution in [0.2, 0.25) is 0 Å². The summed E-state index contributed by atoms with van der Waals surface area (Å²) in [5.41, 5.74) is 0.231. The van der Waals surface area contributed by atoms with Gasteiger partial charge in [-0.15, -0.1) is 0 Å². The Hall–Kier alpha value is -3.68. The number of anilines is 1. The van der Waals surface area contributed by atoms with Gasteiger partial charge in [-0.05, 0) is 34.5 Å². The van der Waals surface area contributed by atoms with Crippen LogP contribution in [0.1, 0.15) is 11.1 Å². The molecule has 0 spiro atoms. The van der Waals surface area contributed by atoms with Gasteiger partial charge in [-0.1, -0.05) is 42.5 Å². The van der Waals surface area contributed by atoms with Gasteiger partial charge in [-0.3, -0.25) is 4.79 Å². The number of nitrogens with zero attached hydrogens (tertiary/aromatic N) is 3. The normalized spacial score (nSPS) is 11.6. The van der Waals surface area contributed by atoms with Gasteiger partial charge in [0.1, 0.15) is 12.7 Å². The number of carbonyl (C=O) groups is 1. The van der Waals surface area contributed by atoms with E-state index in [9.17, 15) is 18.0 Å². The molecule has 0 aliphatic carbocycles. The molecule has 8 heteroatoms. The van der Waals surface area contributed by atoms with Gasteiger partial charge in [-0.2, -0.15) is 18.3 Å². The molecule has 0 saturated carbocycles. The molecule has 0 bridgehead atoms. The second-order valence-electron chi connectivity index (χ2n) is 6.43. The van der Waals surface area contributed by atoms with Crippen LogP contribution in [0.5, 0.6) is 0 Å². The summed E-state index contributed by atoms with van der Waals surface area (Å²) in [6.07, 6.45) is -1.90. The Morgan fingerprint density at radius 2 is 1.83 bits per heavy atom. The maximum absolute atomic E-state index is 13.2. The molecule has 0 radical (unpaired) electrons. The van der Waals surface area contributed by atoms with Crippen LogP contribution in [0.3, 0.4) is 0 Å². The van der Waals surface area contributed by atoms with Crippen molar-refractivity contribution in [1.29, 1.82) is 0 Å². The second-order valence-corrected chi connectivity index (χ2v) is 6.43. The standard InChI is InChI=1S/C21H15F3N4O/c22-21(23,24)16-8-9-19(28-13-25-12-26-28)18(11-16)27-20(29)10-15-6-3-5-14-4-1-2-7-17(14)15/h1-9,11-13H,10H2,(H,27,29). The van der Waals surface area contributed by atoms with Crippen LogP contribution in [0.4, 0.5) is 18.9 Å². The Kier molecular flexibility index (Phi) is 4.75. The topological polar surface area (TPSA) is 59.8 Å². The summed E-state index contributed by atoms with van der Waals surface area (Å²) in [5.74, 6) is -0.429. The SMILES string of the molecule is O=C(Cc1cccc2ccccc12)Nc1cc(C(F)(F)F)ccc1-n1cncn1. The molecule has 29 heavy (non-hydrogen) atoms. The zero-order valence-corrected chi connectivity index (χ0v) is 15.0. The highest BCUT2D eigenvalue weighted by Crippen LogP contribution is 2.33. The second kappa shape index (κ2) is 7.38. The van der Waals surface area contributed by atoms with Crippen molar-refractivity contribution in [3.63, 3.8) is 0 Å². The third kappa shape index (κ3) is 3.96. The molecule has 1 N–H and O–H groups in total. The molecule has 0 aliphatic rings. The zero-order valence-electron chi connectivity index (χ0n) is 15.0. The molecule has 4 rings (SSSR count). The van der Waals surface area contributed by atoms with E-state index in [0.29, 0.717) is 5.69 Å². The molecule has 0 saturated heterocycles. The van der Waals surface area contributed by atoms with E-state index >= 15 is 0 Å². The third-order valence-corrected chi connectivity index (χ3v) is 4.49. The van der Waals surface area contributed by atoms with E-state index in [4.69, 9.17) is 0 Å². The lowest BCUT2D eigenvalue weighted by Crippen LogP contribution is -2.17. The highest BCUT2D eigenvalue weighted by Gasteiger charge is 2.31. The Morgan fingerprint density at radius 1 is 1.03 bits per heavy atom. The van der Waals surface area contributed by atoms with Gasteiger partial charge in [0.05, 0.1) is 23.4 Å². The first kappa shape index (κ1) is 18.7. The molecule has 1 amide bonds. The van der Waals surface area contributed by atoms with Gasteiger partial charge >= 0.3 is 6.18 Å². The van der Waals surface area contributed by atoms with Crippen LogP contribution < -0.4 is 5.32 Å². The van der Waals surface area contributed by atoms with Crippen molar-refractivity contribution >= 4 is 22.4 Å². The fourth-order valence-electron chi connectivity index (χ4n) is 3.16. The van der Waals surface area contributed by atoms with Gasteiger partial charge in [0.25, 0.3) is 0 Å². The van der Waals surface area contributed by atoms with Gasteiger partial charge in [0.15, 0.2) is 0 Å². The lowest BCUT2D eigenvalue weighted by Gasteiger charge is -2.15. The first-order valence-electron chi connectivity index (χ1n) is 8.74. The largest absolute Gasteiger partial charge is 0.416 e. The number of rotatable bonds is 4. The Morgan fingerprint density at radius 3 is 2.59 bits per heavy atom. The minimum Gasteiger partial charge on any atom is -0.324 e. The van der Waals surface area contributed by atoms with E-state index in [-0.39, 0.29) is 12.1 Å². The summed E-state index contributed by atoms with van der Waals surface area (Å²) in [7, 11) is 0. The molecule has 5 nitrogen and oxygen atoms in total. The number of fused-ring (bicyclic) bond motifs is 1. The van der Waals surface area contributed by atoms with E-state index in [2.05, 4.69) is 15.4 Å². The number of alkyl halides is 3. The van der Waals surface area contributed by atoms with Gasteiger partial charge in [0, 0.05) is 0 Å². The number of hydrogen-bond acceptors (Lipinski definition) is 3. The highest BCUT2D eigenvalue weighted by atomic mass is 19.4. The minimum absolute atomic E-state index is 0.00978. The smallest absolute Gasteiger partial charge is 0.324 e. The average molecular weight is 396 g/mol. The molecule has 0 fully saturated rings. The number of amides is 1. The average Bonchev–Trinajstić information content (AvgIpc) is 3.22. The van der Waals surface area contributed by atoms with Crippen molar-refractivity contribution in [2.24, 2.45) is 0 Å². The number of nitrogens with one attached hydrogen (secondary N) is 1. The maximum atomic E-state index is 13.2. The first-order valence-corrected chi connectivity index (χ1v) is 8.74. The summed E-state index contributed by atoms with van der Waals surface area (Å²) in [5, 5.41) is 8.45. The third-order valence-electron chi connectivity index (χ3n) is 4.49. The Labute approximate surface area is 163 Å². The molecule has 0 atom stereocenters.